The molecule has 1 fully saturated rings. The van der Waals surface area contributed by atoms with Gasteiger partial charge in [0.15, 0.2) is 5.11 Å². The Hall–Kier alpha value is -3.79. The Morgan fingerprint density at radius 3 is 2.62 bits per heavy atom. The molecule has 2 N–H and O–H groups in total. The second-order valence-corrected chi connectivity index (χ2v) is 10.3. The van der Waals surface area contributed by atoms with E-state index in [9.17, 15) is 4.79 Å². The highest BCUT2D eigenvalue weighted by Gasteiger charge is 2.42. The summed E-state index contributed by atoms with van der Waals surface area (Å²) in [4.78, 5) is 23.4. The number of carbonyl (C=O) groups excluding carboxylic acids is 1. The molecule has 0 aliphatic carbocycles. The van der Waals surface area contributed by atoms with Crippen LogP contribution in [0, 0.1) is 20.8 Å². The number of methoxy groups -OCH3 is 1. The van der Waals surface area contributed by atoms with E-state index in [0.717, 1.165) is 39.7 Å². The van der Waals surface area contributed by atoms with E-state index in [1.807, 2.05) is 42.6 Å². The summed E-state index contributed by atoms with van der Waals surface area (Å²) in [5, 5.41) is 7.23. The Kier molecular flexibility index (Phi) is 7.65. The van der Waals surface area contributed by atoms with E-state index in [2.05, 4.69) is 63.0 Å². The Balaban J connectivity index is 1.61. The maximum Gasteiger partial charge on any atom is 0.250 e. The van der Waals surface area contributed by atoms with Crippen molar-refractivity contribution in [3.63, 3.8) is 0 Å². The number of amides is 1. The van der Waals surface area contributed by atoms with Gasteiger partial charge < -0.3 is 24.8 Å². The van der Waals surface area contributed by atoms with Crippen molar-refractivity contribution in [1.29, 1.82) is 0 Å². The molecule has 8 nitrogen and oxygen atoms in total. The monoisotopic (exact) mass is 560 g/mol. The van der Waals surface area contributed by atoms with Gasteiger partial charge in [0, 0.05) is 36.6 Å². The number of carbonyl (C=O) groups is 1. The Morgan fingerprint density at radius 1 is 1.10 bits per heavy atom. The molecule has 10 heteroatoms. The van der Waals surface area contributed by atoms with E-state index in [0.29, 0.717) is 15.8 Å². The lowest BCUT2D eigenvalue weighted by atomic mass is 9.96. The average molecular weight is 561 g/mol. The van der Waals surface area contributed by atoms with E-state index in [-0.39, 0.29) is 24.6 Å². The number of rotatable bonds is 7. The van der Waals surface area contributed by atoms with Gasteiger partial charge in [0.25, 0.3) is 0 Å². The van der Waals surface area contributed by atoms with E-state index < -0.39 is 0 Å². The normalized spacial score (nSPS) is 16.8. The van der Waals surface area contributed by atoms with Crippen molar-refractivity contribution in [3.05, 3.63) is 100 Å². The molecular formula is C29H29ClN6O2S. The van der Waals surface area contributed by atoms with Crippen molar-refractivity contribution in [2.24, 2.45) is 0 Å². The summed E-state index contributed by atoms with van der Waals surface area (Å²) in [6, 6.07) is 17.2. The summed E-state index contributed by atoms with van der Waals surface area (Å²) in [6.07, 6.45) is 3.61. The molecule has 1 aliphatic heterocycles. The number of nitrogens with zero attached hydrogens (tertiary/aromatic N) is 4. The van der Waals surface area contributed by atoms with Crippen molar-refractivity contribution >= 4 is 46.2 Å². The molecule has 0 radical (unpaired) electrons. The number of aromatic nitrogens is 3. The lowest BCUT2D eigenvalue weighted by Gasteiger charge is -2.28. The minimum Gasteiger partial charge on any atom is -0.375 e. The number of aryl methyl sites for hydroxylation is 2. The van der Waals surface area contributed by atoms with E-state index >= 15 is 0 Å². The maximum absolute atomic E-state index is 12.1. The summed E-state index contributed by atoms with van der Waals surface area (Å²) >= 11 is 12.5. The SMILES string of the molecule is COCC(=O)Nc1ccc(N2C(=S)NC(c3ccccn3)C2c2cc(C)n(-c3cc(C)ccn3)c2C)cc1Cl. The Bertz CT molecular complexity index is 1540. The van der Waals surface area contributed by atoms with Crippen LogP contribution in [-0.4, -0.2) is 39.3 Å². The van der Waals surface area contributed by atoms with Gasteiger partial charge in [-0.1, -0.05) is 17.7 Å². The average Bonchev–Trinajstić information content (AvgIpc) is 3.40. The first-order chi connectivity index (χ1) is 18.8. The molecule has 0 saturated carbocycles. The minimum atomic E-state index is -0.282. The summed E-state index contributed by atoms with van der Waals surface area (Å²) in [5.41, 5.74) is 6.52. The molecule has 1 saturated heterocycles. The van der Waals surface area contributed by atoms with Crippen LogP contribution in [0.1, 0.15) is 40.3 Å². The maximum atomic E-state index is 12.1. The predicted molar refractivity (Wildman–Crippen MR) is 158 cm³/mol. The number of anilines is 2. The number of thiocarbonyl (C=S) groups is 1. The van der Waals surface area contributed by atoms with Gasteiger partial charge in [-0.05, 0) is 92.6 Å². The molecular weight excluding hydrogens is 532 g/mol. The smallest absolute Gasteiger partial charge is 0.250 e. The Labute approximate surface area is 238 Å². The first-order valence-electron chi connectivity index (χ1n) is 12.5. The van der Waals surface area contributed by atoms with Gasteiger partial charge >= 0.3 is 0 Å². The number of hydrogen-bond donors (Lipinski definition) is 2. The second kappa shape index (κ2) is 11.1. The zero-order valence-electron chi connectivity index (χ0n) is 22.1. The molecule has 3 aromatic heterocycles. The molecule has 0 spiro atoms. The molecule has 5 rings (SSSR count). The summed E-state index contributed by atoms with van der Waals surface area (Å²) in [5.74, 6) is 0.584. The third-order valence-electron chi connectivity index (χ3n) is 6.80. The van der Waals surface area contributed by atoms with Crippen molar-refractivity contribution in [2.75, 3.05) is 23.9 Å². The fourth-order valence-electron chi connectivity index (χ4n) is 5.10. The van der Waals surface area contributed by atoms with E-state index in [1.165, 1.54) is 7.11 Å². The summed E-state index contributed by atoms with van der Waals surface area (Å²) in [6.45, 7) is 6.18. The van der Waals surface area contributed by atoms with Crippen LogP contribution in [-0.2, 0) is 9.53 Å². The molecule has 1 amide bonds. The van der Waals surface area contributed by atoms with Gasteiger partial charge in [0.1, 0.15) is 12.4 Å². The molecule has 2 atom stereocenters. The topological polar surface area (TPSA) is 84.3 Å². The van der Waals surface area contributed by atoms with Gasteiger partial charge in [0.05, 0.1) is 28.5 Å². The zero-order valence-corrected chi connectivity index (χ0v) is 23.7. The third kappa shape index (κ3) is 5.25. The highest BCUT2D eigenvalue weighted by molar-refractivity contribution is 7.80. The standard InChI is InChI=1S/C29H29ClN6O2S/c1-17-10-12-32-25(13-17)35-18(2)14-21(19(35)3)28-27(24-7-5-6-11-31-24)34-29(39)36(28)20-8-9-23(22(30)15-20)33-26(37)16-38-4/h5-15,27-28H,16H2,1-4H3,(H,33,37)(H,34,39). The lowest BCUT2D eigenvalue weighted by molar-refractivity contribution is -0.119. The second-order valence-electron chi connectivity index (χ2n) is 9.50. The van der Waals surface area contributed by atoms with Crippen LogP contribution in [0.3, 0.4) is 0 Å². The fourth-order valence-corrected chi connectivity index (χ4v) is 5.67. The van der Waals surface area contributed by atoms with Crippen LogP contribution in [0.4, 0.5) is 11.4 Å². The minimum absolute atomic E-state index is 0.0581. The van der Waals surface area contributed by atoms with Crippen molar-refractivity contribution in [3.8, 4) is 5.82 Å². The highest BCUT2D eigenvalue weighted by Crippen LogP contribution is 2.44. The number of ether oxygens (including phenoxy) is 1. The van der Waals surface area contributed by atoms with Gasteiger partial charge in [-0.3, -0.25) is 9.78 Å². The molecule has 4 heterocycles. The number of hydrogen-bond acceptors (Lipinski definition) is 5. The van der Waals surface area contributed by atoms with Crippen LogP contribution >= 0.6 is 23.8 Å². The van der Waals surface area contributed by atoms with Crippen molar-refractivity contribution in [1.82, 2.24) is 19.9 Å². The van der Waals surface area contributed by atoms with Crippen molar-refractivity contribution in [2.45, 2.75) is 32.9 Å². The number of halogens is 1. The van der Waals surface area contributed by atoms with E-state index in [4.69, 9.17) is 28.6 Å². The molecule has 39 heavy (non-hydrogen) atoms. The zero-order chi connectivity index (χ0) is 27.7. The third-order valence-corrected chi connectivity index (χ3v) is 7.42. The van der Waals surface area contributed by atoms with Crippen molar-refractivity contribution < 1.29 is 9.53 Å². The molecule has 4 aromatic rings. The van der Waals surface area contributed by atoms with Crippen LogP contribution in [0.25, 0.3) is 5.82 Å². The number of pyridine rings is 2. The fraction of sp³-hybridized carbons (Fsp3) is 0.241. The molecule has 200 valence electrons. The van der Waals surface area contributed by atoms with E-state index in [1.54, 1.807) is 12.3 Å². The van der Waals surface area contributed by atoms with Crippen LogP contribution in [0.2, 0.25) is 5.02 Å². The van der Waals surface area contributed by atoms with Crippen LogP contribution in [0.5, 0.6) is 0 Å². The van der Waals surface area contributed by atoms with Gasteiger partial charge in [-0.15, -0.1) is 0 Å². The first kappa shape index (κ1) is 26.8. The largest absolute Gasteiger partial charge is 0.375 e. The molecule has 1 aliphatic rings. The molecule has 1 aromatic carbocycles. The summed E-state index contributed by atoms with van der Waals surface area (Å²) < 4.78 is 7.08. The molecule has 0 bridgehead atoms. The van der Waals surface area contributed by atoms with Gasteiger partial charge in [-0.25, -0.2) is 4.98 Å². The quantitative estimate of drug-likeness (QED) is 0.284. The highest BCUT2D eigenvalue weighted by atomic mass is 35.5. The van der Waals surface area contributed by atoms with Gasteiger partial charge in [-0.2, -0.15) is 0 Å². The summed E-state index contributed by atoms with van der Waals surface area (Å²) in [7, 11) is 1.47. The first-order valence-corrected chi connectivity index (χ1v) is 13.3. The van der Waals surface area contributed by atoms with Crippen LogP contribution in [0.15, 0.2) is 67.0 Å². The lowest BCUT2D eigenvalue weighted by Crippen LogP contribution is -2.29. The predicted octanol–water partition coefficient (Wildman–Crippen LogP) is 5.61. The van der Waals surface area contributed by atoms with Crippen LogP contribution < -0.4 is 15.5 Å². The molecule has 2 unspecified atom stereocenters. The number of benzene rings is 1. The Morgan fingerprint density at radius 2 is 1.92 bits per heavy atom. The number of nitrogens with one attached hydrogen (secondary N) is 2. The van der Waals surface area contributed by atoms with Gasteiger partial charge in [0.2, 0.25) is 5.91 Å².